The Labute approximate surface area is 74.2 Å². The summed E-state index contributed by atoms with van der Waals surface area (Å²) in [5.74, 6) is 0.426. The Hall–Kier alpha value is 0.170. The van der Waals surface area contributed by atoms with Crippen molar-refractivity contribution in [1.82, 2.24) is 10.2 Å². The van der Waals surface area contributed by atoms with E-state index in [9.17, 15) is 0 Å². The molecule has 1 fully saturated rings. The molecule has 0 aromatic carbocycles. The molecule has 1 aliphatic heterocycles. The van der Waals surface area contributed by atoms with Crippen molar-refractivity contribution in [2.45, 2.75) is 6.04 Å². The Kier molecular flexibility index (Phi) is 5.01. The van der Waals surface area contributed by atoms with Crippen molar-refractivity contribution in [1.29, 1.82) is 0 Å². The Morgan fingerprint density at radius 1 is 1.45 bits per heavy atom. The van der Waals surface area contributed by atoms with Crippen molar-refractivity contribution in [2.24, 2.45) is 5.92 Å². The maximum atomic E-state index is 8.92. The summed E-state index contributed by atoms with van der Waals surface area (Å²) >= 11 is 0. The minimum Gasteiger partial charge on any atom is -0.396 e. The van der Waals surface area contributed by atoms with Gasteiger partial charge in [0.1, 0.15) is 0 Å². The normalized spacial score (nSPS) is 30.5. The second-order valence-electron chi connectivity index (χ2n) is 3.13. The monoisotopic (exact) mass is 180 g/mol. The van der Waals surface area contributed by atoms with E-state index in [1.54, 1.807) is 0 Å². The second kappa shape index (κ2) is 4.93. The van der Waals surface area contributed by atoms with Crippen LogP contribution < -0.4 is 5.32 Å². The van der Waals surface area contributed by atoms with Crippen molar-refractivity contribution in [3.8, 4) is 0 Å². The summed E-state index contributed by atoms with van der Waals surface area (Å²) in [4.78, 5) is 2.17. The number of hydrogen-bond acceptors (Lipinski definition) is 3. The molecule has 0 saturated carbocycles. The van der Waals surface area contributed by atoms with Crippen molar-refractivity contribution in [3.63, 3.8) is 0 Å². The van der Waals surface area contributed by atoms with Gasteiger partial charge in [-0.2, -0.15) is 0 Å². The molecule has 1 saturated heterocycles. The summed E-state index contributed by atoms with van der Waals surface area (Å²) in [6, 6.07) is 0.519. The van der Waals surface area contributed by atoms with Crippen LogP contribution in [0.1, 0.15) is 0 Å². The standard InChI is InChI=1S/C7H16N2O.ClH/c1-9(2)7-4-8-3-6(7)5-10;/h6-8,10H,3-5H2,1-2H3;1H/t6-,7+;/m1./s1. The fraction of sp³-hybridized carbons (Fsp3) is 1.00. The average Bonchev–Trinajstić information content (AvgIpc) is 2.33. The van der Waals surface area contributed by atoms with Gasteiger partial charge in [-0.25, -0.2) is 0 Å². The molecule has 68 valence electrons. The fourth-order valence-corrected chi connectivity index (χ4v) is 1.51. The number of nitrogens with one attached hydrogen (secondary N) is 1. The summed E-state index contributed by atoms with van der Waals surface area (Å²) in [6.07, 6.45) is 0. The topological polar surface area (TPSA) is 35.5 Å². The molecule has 2 atom stereocenters. The highest BCUT2D eigenvalue weighted by Crippen LogP contribution is 2.11. The Balaban J connectivity index is 0.000001000. The number of aliphatic hydroxyl groups excluding tert-OH is 1. The Bertz CT molecular complexity index is 111. The smallest absolute Gasteiger partial charge is 0.0486 e. The van der Waals surface area contributed by atoms with E-state index < -0.39 is 0 Å². The van der Waals surface area contributed by atoms with Crippen LogP contribution in [-0.2, 0) is 0 Å². The van der Waals surface area contributed by atoms with Gasteiger partial charge >= 0.3 is 0 Å². The van der Waals surface area contributed by atoms with Crippen LogP contribution in [0.4, 0.5) is 0 Å². The third-order valence-corrected chi connectivity index (χ3v) is 2.20. The lowest BCUT2D eigenvalue weighted by molar-refractivity contribution is 0.168. The van der Waals surface area contributed by atoms with E-state index in [0.717, 1.165) is 13.1 Å². The van der Waals surface area contributed by atoms with Gasteiger partial charge in [0.2, 0.25) is 0 Å². The van der Waals surface area contributed by atoms with E-state index in [4.69, 9.17) is 5.11 Å². The number of nitrogens with zero attached hydrogens (tertiary/aromatic N) is 1. The lowest BCUT2D eigenvalue weighted by Gasteiger charge is -2.23. The molecule has 11 heavy (non-hydrogen) atoms. The molecule has 4 heteroatoms. The maximum Gasteiger partial charge on any atom is 0.0486 e. The first-order valence-electron chi connectivity index (χ1n) is 3.73. The molecule has 3 nitrogen and oxygen atoms in total. The highest BCUT2D eigenvalue weighted by atomic mass is 35.5. The van der Waals surface area contributed by atoms with E-state index in [0.29, 0.717) is 18.6 Å². The number of halogens is 1. The molecule has 0 radical (unpaired) electrons. The van der Waals surface area contributed by atoms with Gasteiger partial charge in [0.15, 0.2) is 0 Å². The predicted molar refractivity (Wildman–Crippen MR) is 48.2 cm³/mol. The van der Waals surface area contributed by atoms with Gasteiger partial charge in [0.05, 0.1) is 0 Å². The van der Waals surface area contributed by atoms with Crippen LogP contribution >= 0.6 is 12.4 Å². The molecule has 0 amide bonds. The van der Waals surface area contributed by atoms with Crippen LogP contribution in [0.15, 0.2) is 0 Å². The Morgan fingerprint density at radius 2 is 2.09 bits per heavy atom. The van der Waals surface area contributed by atoms with Crippen molar-refractivity contribution in [3.05, 3.63) is 0 Å². The van der Waals surface area contributed by atoms with Gasteiger partial charge in [-0.05, 0) is 14.1 Å². The highest BCUT2D eigenvalue weighted by Gasteiger charge is 2.27. The molecule has 0 aliphatic carbocycles. The molecule has 0 aromatic rings. The molecular formula is C7H17ClN2O. The van der Waals surface area contributed by atoms with E-state index in [1.165, 1.54) is 0 Å². The first-order chi connectivity index (χ1) is 4.75. The quantitative estimate of drug-likeness (QED) is 0.605. The fourth-order valence-electron chi connectivity index (χ4n) is 1.51. The first-order valence-corrected chi connectivity index (χ1v) is 3.73. The SMILES string of the molecule is CN(C)[C@H]1CNC[C@@H]1CO.Cl. The molecule has 0 aromatic heterocycles. The van der Waals surface area contributed by atoms with E-state index >= 15 is 0 Å². The van der Waals surface area contributed by atoms with E-state index in [2.05, 4.69) is 24.3 Å². The summed E-state index contributed by atoms with van der Waals surface area (Å²) in [5.41, 5.74) is 0. The summed E-state index contributed by atoms with van der Waals surface area (Å²) in [6.45, 7) is 2.27. The summed E-state index contributed by atoms with van der Waals surface area (Å²) < 4.78 is 0. The zero-order chi connectivity index (χ0) is 7.56. The number of likely N-dealkylation sites (N-methyl/N-ethyl adjacent to an activating group) is 1. The number of rotatable bonds is 2. The summed E-state index contributed by atoms with van der Waals surface area (Å²) in [7, 11) is 4.11. The van der Waals surface area contributed by atoms with Gasteiger partial charge in [0.25, 0.3) is 0 Å². The minimum absolute atomic E-state index is 0. The molecule has 0 spiro atoms. The van der Waals surface area contributed by atoms with Crippen LogP contribution in [0.2, 0.25) is 0 Å². The van der Waals surface area contributed by atoms with Crippen LogP contribution in [0, 0.1) is 5.92 Å². The number of hydrogen-bond donors (Lipinski definition) is 2. The van der Waals surface area contributed by atoms with Gasteiger partial charge in [0, 0.05) is 31.7 Å². The van der Waals surface area contributed by atoms with Crippen LogP contribution in [0.3, 0.4) is 0 Å². The maximum absolute atomic E-state index is 8.92. The first kappa shape index (κ1) is 11.2. The molecule has 1 aliphatic rings. The van der Waals surface area contributed by atoms with Gasteiger partial charge in [-0.15, -0.1) is 12.4 Å². The highest BCUT2D eigenvalue weighted by molar-refractivity contribution is 5.85. The lowest BCUT2D eigenvalue weighted by Crippen LogP contribution is -2.36. The predicted octanol–water partition coefficient (Wildman–Crippen LogP) is -0.450. The average molecular weight is 181 g/mol. The molecule has 0 bridgehead atoms. The molecule has 2 N–H and O–H groups in total. The molecule has 1 rings (SSSR count). The number of aliphatic hydroxyl groups is 1. The molecule has 1 heterocycles. The van der Waals surface area contributed by atoms with Crippen molar-refractivity contribution in [2.75, 3.05) is 33.8 Å². The Morgan fingerprint density at radius 3 is 2.45 bits per heavy atom. The largest absolute Gasteiger partial charge is 0.396 e. The van der Waals surface area contributed by atoms with Gasteiger partial charge < -0.3 is 15.3 Å². The zero-order valence-corrected chi connectivity index (χ0v) is 7.90. The lowest BCUT2D eigenvalue weighted by atomic mass is 10.0. The summed E-state index contributed by atoms with van der Waals surface area (Å²) in [5, 5.41) is 12.2. The van der Waals surface area contributed by atoms with E-state index in [1.807, 2.05) is 0 Å². The molecular weight excluding hydrogens is 164 g/mol. The van der Waals surface area contributed by atoms with Gasteiger partial charge in [-0.3, -0.25) is 0 Å². The third kappa shape index (κ3) is 2.60. The molecule has 0 unspecified atom stereocenters. The zero-order valence-electron chi connectivity index (χ0n) is 7.08. The van der Waals surface area contributed by atoms with Crippen LogP contribution in [-0.4, -0.2) is 49.8 Å². The second-order valence-corrected chi connectivity index (χ2v) is 3.13. The minimum atomic E-state index is 0. The van der Waals surface area contributed by atoms with Gasteiger partial charge in [-0.1, -0.05) is 0 Å². The van der Waals surface area contributed by atoms with Crippen LogP contribution in [0.5, 0.6) is 0 Å². The van der Waals surface area contributed by atoms with E-state index in [-0.39, 0.29) is 12.4 Å². The van der Waals surface area contributed by atoms with Crippen molar-refractivity contribution < 1.29 is 5.11 Å². The van der Waals surface area contributed by atoms with Crippen LogP contribution in [0.25, 0.3) is 0 Å². The third-order valence-electron chi connectivity index (χ3n) is 2.20. The van der Waals surface area contributed by atoms with Crippen molar-refractivity contribution >= 4 is 12.4 Å².